The fraction of sp³-hybridized carbons (Fsp3) is 0.143. The summed E-state index contributed by atoms with van der Waals surface area (Å²) >= 11 is 1.57. The van der Waals surface area contributed by atoms with Gasteiger partial charge in [-0.1, -0.05) is 24.3 Å². The fourth-order valence-electron chi connectivity index (χ4n) is 2.82. The molecule has 0 atom stereocenters. The van der Waals surface area contributed by atoms with Crippen LogP contribution >= 0.6 is 11.3 Å². The lowest BCUT2D eigenvalue weighted by molar-refractivity contribution is 0.550. The first-order chi connectivity index (χ1) is 14.6. The van der Waals surface area contributed by atoms with Gasteiger partial charge in [0.2, 0.25) is 26.6 Å². The number of anilines is 1. The quantitative estimate of drug-likeness (QED) is 0.387. The van der Waals surface area contributed by atoms with Crippen LogP contribution in [0.2, 0.25) is 0 Å². The highest BCUT2D eigenvalue weighted by Gasteiger charge is 2.27. The van der Waals surface area contributed by atoms with E-state index in [-0.39, 0.29) is 21.7 Å². The van der Waals surface area contributed by atoms with E-state index < -0.39 is 9.84 Å². The average molecular weight is 441 g/mol. The van der Waals surface area contributed by atoms with Crippen molar-refractivity contribution in [2.75, 3.05) is 11.9 Å². The van der Waals surface area contributed by atoms with Gasteiger partial charge < -0.3 is 14.3 Å². The van der Waals surface area contributed by atoms with Crippen LogP contribution in [0.25, 0.3) is 12.2 Å². The number of rotatable bonds is 9. The molecule has 3 heterocycles. The minimum atomic E-state index is -3.82. The molecule has 4 aromatic rings. The Morgan fingerprint density at radius 3 is 2.73 bits per heavy atom. The molecule has 7 nitrogen and oxygen atoms in total. The number of hydrogen-bond acceptors (Lipinski definition) is 7. The molecule has 0 saturated carbocycles. The minimum Gasteiger partial charge on any atom is -0.420 e. The van der Waals surface area contributed by atoms with Crippen LogP contribution in [0, 0.1) is 0 Å². The molecule has 0 spiro atoms. The number of nitrogens with one attached hydrogen (secondary N) is 1. The zero-order valence-electron chi connectivity index (χ0n) is 16.0. The zero-order valence-corrected chi connectivity index (χ0v) is 17.6. The van der Waals surface area contributed by atoms with Gasteiger partial charge in [0, 0.05) is 36.4 Å². The third kappa shape index (κ3) is 4.69. The number of hydrogen-bond donors (Lipinski definition) is 1. The van der Waals surface area contributed by atoms with Crippen LogP contribution in [0.3, 0.4) is 0 Å². The van der Waals surface area contributed by atoms with Crippen molar-refractivity contribution in [3.8, 4) is 0 Å². The fourth-order valence-corrected chi connectivity index (χ4v) is 4.75. The normalized spacial score (nSPS) is 11.9. The summed E-state index contributed by atoms with van der Waals surface area (Å²) in [6.07, 6.45) is 9.63. The maximum Gasteiger partial charge on any atom is 0.233 e. The van der Waals surface area contributed by atoms with Crippen molar-refractivity contribution in [1.82, 2.24) is 14.5 Å². The third-order valence-electron chi connectivity index (χ3n) is 4.29. The molecular weight excluding hydrogens is 420 g/mol. The minimum absolute atomic E-state index is 0.109. The van der Waals surface area contributed by atoms with Crippen molar-refractivity contribution >= 4 is 39.2 Å². The average Bonchev–Trinajstić information content (AvgIpc) is 3.53. The van der Waals surface area contributed by atoms with E-state index in [4.69, 9.17) is 4.42 Å². The first-order valence-corrected chi connectivity index (χ1v) is 11.7. The van der Waals surface area contributed by atoms with E-state index in [1.54, 1.807) is 60.3 Å². The number of aromatic nitrogens is 3. The molecule has 1 aromatic carbocycles. The smallest absolute Gasteiger partial charge is 0.233 e. The van der Waals surface area contributed by atoms with Crippen LogP contribution < -0.4 is 5.32 Å². The van der Waals surface area contributed by atoms with Crippen molar-refractivity contribution in [3.63, 3.8) is 0 Å². The lowest BCUT2D eigenvalue weighted by atomic mass is 10.4. The number of sulfone groups is 1. The van der Waals surface area contributed by atoms with E-state index in [0.29, 0.717) is 6.54 Å². The van der Waals surface area contributed by atoms with Gasteiger partial charge in [-0.25, -0.2) is 13.4 Å². The number of benzene rings is 1. The van der Waals surface area contributed by atoms with E-state index in [2.05, 4.69) is 15.3 Å². The molecule has 0 bridgehead atoms. The number of oxazole rings is 1. The molecule has 0 aliphatic heterocycles. The Morgan fingerprint density at radius 2 is 2.00 bits per heavy atom. The summed E-state index contributed by atoms with van der Waals surface area (Å²) in [4.78, 5) is 9.48. The molecular formula is C21H20N4O3S2. The molecule has 4 rings (SSSR count). The van der Waals surface area contributed by atoms with Gasteiger partial charge in [-0.15, -0.1) is 11.3 Å². The highest BCUT2D eigenvalue weighted by Crippen LogP contribution is 2.29. The van der Waals surface area contributed by atoms with E-state index in [9.17, 15) is 8.42 Å². The maximum atomic E-state index is 13.1. The molecule has 3 aromatic heterocycles. The molecule has 0 aliphatic rings. The molecule has 0 radical (unpaired) electrons. The molecule has 30 heavy (non-hydrogen) atoms. The summed E-state index contributed by atoms with van der Waals surface area (Å²) in [7, 11) is -3.82. The van der Waals surface area contributed by atoms with Gasteiger partial charge in [0.25, 0.3) is 0 Å². The van der Waals surface area contributed by atoms with Gasteiger partial charge in [0.1, 0.15) is 0 Å². The topological polar surface area (TPSA) is 90.0 Å². The highest BCUT2D eigenvalue weighted by molar-refractivity contribution is 7.91. The Hall–Kier alpha value is -3.17. The van der Waals surface area contributed by atoms with Gasteiger partial charge in [0.05, 0.1) is 11.2 Å². The second-order valence-electron chi connectivity index (χ2n) is 6.43. The first kappa shape index (κ1) is 20.1. The Labute approximate surface area is 178 Å². The number of thiophene rings is 1. The zero-order chi connectivity index (χ0) is 20.8. The van der Waals surface area contributed by atoms with Crippen LogP contribution in [-0.4, -0.2) is 29.5 Å². The molecule has 0 amide bonds. The van der Waals surface area contributed by atoms with Crippen LogP contribution in [0.1, 0.15) is 17.2 Å². The predicted octanol–water partition coefficient (Wildman–Crippen LogP) is 4.44. The first-order valence-electron chi connectivity index (χ1n) is 9.35. The largest absolute Gasteiger partial charge is 0.420 e. The van der Waals surface area contributed by atoms with Crippen molar-refractivity contribution in [2.24, 2.45) is 0 Å². The second-order valence-corrected chi connectivity index (χ2v) is 9.28. The van der Waals surface area contributed by atoms with E-state index in [0.717, 1.165) is 17.8 Å². The number of aryl methyl sites for hydroxylation is 1. The standard InChI is InChI=1S/C21H20N4O3S2/c26-30(27,18-7-2-1-3-8-18)21-20(23-11-5-13-25-14-12-22-16-25)28-19(24-21)10-9-17-6-4-15-29-17/h1-4,6-10,12,14-16,23H,5,11,13H2. The highest BCUT2D eigenvalue weighted by atomic mass is 32.2. The second kappa shape index (κ2) is 9.10. The summed E-state index contributed by atoms with van der Waals surface area (Å²) in [6, 6.07) is 12.1. The monoisotopic (exact) mass is 440 g/mol. The van der Waals surface area contributed by atoms with Crippen LogP contribution in [-0.2, 0) is 16.4 Å². The predicted molar refractivity (Wildman–Crippen MR) is 117 cm³/mol. The van der Waals surface area contributed by atoms with Gasteiger partial charge in [-0.05, 0) is 36.1 Å². The molecule has 1 N–H and O–H groups in total. The maximum absolute atomic E-state index is 13.1. The molecule has 0 unspecified atom stereocenters. The van der Waals surface area contributed by atoms with Crippen LogP contribution in [0.15, 0.2) is 80.9 Å². The van der Waals surface area contributed by atoms with E-state index >= 15 is 0 Å². The molecule has 0 fully saturated rings. The van der Waals surface area contributed by atoms with Gasteiger partial charge in [0.15, 0.2) is 0 Å². The van der Waals surface area contributed by atoms with Gasteiger partial charge in [-0.3, -0.25) is 0 Å². The summed E-state index contributed by atoms with van der Waals surface area (Å²) < 4.78 is 34.0. The SMILES string of the molecule is O=S(=O)(c1ccccc1)c1nc(C=Cc2cccs2)oc1NCCCn1ccnc1. The van der Waals surface area contributed by atoms with Crippen molar-refractivity contribution < 1.29 is 12.8 Å². The summed E-state index contributed by atoms with van der Waals surface area (Å²) in [5.41, 5.74) is 0. The molecule has 9 heteroatoms. The number of nitrogens with zero attached hydrogens (tertiary/aromatic N) is 3. The van der Waals surface area contributed by atoms with Gasteiger partial charge in [-0.2, -0.15) is 4.98 Å². The van der Waals surface area contributed by atoms with Gasteiger partial charge >= 0.3 is 0 Å². The lowest BCUT2D eigenvalue weighted by Crippen LogP contribution is -2.09. The van der Waals surface area contributed by atoms with Crippen LogP contribution in [0.5, 0.6) is 0 Å². The Kier molecular flexibility index (Phi) is 6.10. The Bertz CT molecular complexity index is 1200. The van der Waals surface area contributed by atoms with Crippen molar-refractivity contribution in [2.45, 2.75) is 22.9 Å². The molecule has 0 saturated heterocycles. The summed E-state index contributed by atoms with van der Waals surface area (Å²) in [6.45, 7) is 1.28. The number of imidazole rings is 1. The molecule has 154 valence electrons. The summed E-state index contributed by atoms with van der Waals surface area (Å²) in [5, 5.41) is 4.95. The van der Waals surface area contributed by atoms with Crippen LogP contribution in [0.4, 0.5) is 5.88 Å². The van der Waals surface area contributed by atoms with Crippen molar-refractivity contribution in [3.05, 3.63) is 77.3 Å². The lowest BCUT2D eigenvalue weighted by Gasteiger charge is -2.06. The summed E-state index contributed by atoms with van der Waals surface area (Å²) in [5.74, 6) is 0.380. The third-order valence-corrected chi connectivity index (χ3v) is 6.81. The Balaban J connectivity index is 1.57. The van der Waals surface area contributed by atoms with E-state index in [1.165, 1.54) is 0 Å². The Morgan fingerprint density at radius 1 is 1.13 bits per heavy atom. The van der Waals surface area contributed by atoms with E-state index in [1.807, 2.05) is 34.4 Å². The van der Waals surface area contributed by atoms with Crippen molar-refractivity contribution in [1.29, 1.82) is 0 Å². The molecule has 0 aliphatic carbocycles.